The van der Waals surface area contributed by atoms with Crippen molar-refractivity contribution in [3.05, 3.63) is 6.33 Å². The molecule has 0 aliphatic carbocycles. The number of imidazole rings is 1. The molecule has 4 atom stereocenters. The minimum absolute atomic E-state index is 0.0271. The zero-order chi connectivity index (χ0) is 18.4. The van der Waals surface area contributed by atoms with Crippen LogP contribution >= 0.6 is 6.89 Å². The molecule has 0 spiro atoms. The lowest BCUT2D eigenvalue weighted by Gasteiger charge is -2.18. The predicted octanol–water partition coefficient (Wildman–Crippen LogP) is 0.136. The highest BCUT2D eigenvalue weighted by molar-refractivity contribution is 7.72. The van der Waals surface area contributed by atoms with Crippen LogP contribution in [0.1, 0.15) is 12.6 Å². The summed E-state index contributed by atoms with van der Waals surface area (Å²) in [5.74, 6) is 0.272. The summed E-state index contributed by atoms with van der Waals surface area (Å²) in [4.78, 5) is 12.4. The van der Waals surface area contributed by atoms with E-state index in [9.17, 15) is 10.2 Å². The molecule has 0 aromatic carbocycles. The van der Waals surface area contributed by atoms with Gasteiger partial charge in [0.2, 0.25) is 11.8 Å². The molecular formula is C15H24N5O4P. The lowest BCUT2D eigenvalue weighted by atomic mass is 10.1. The molecule has 0 bridgehead atoms. The number of aromatic nitrogens is 4. The Labute approximate surface area is 145 Å². The Hall–Kier alpha value is -1.67. The van der Waals surface area contributed by atoms with Gasteiger partial charge in [0.25, 0.3) is 0 Å². The molecule has 10 heteroatoms. The average Bonchev–Trinajstić information content (AvgIpc) is 3.06. The van der Waals surface area contributed by atoms with Gasteiger partial charge in [-0.3, -0.25) is 4.57 Å². The number of methoxy groups -OCH3 is 1. The van der Waals surface area contributed by atoms with Crippen LogP contribution in [0.4, 0.5) is 5.95 Å². The summed E-state index contributed by atoms with van der Waals surface area (Å²) in [5, 5.41) is 20.8. The molecule has 4 N–H and O–H groups in total. The van der Waals surface area contributed by atoms with E-state index in [0.717, 1.165) is 6.16 Å². The van der Waals surface area contributed by atoms with Crippen molar-refractivity contribution < 1.29 is 19.7 Å². The first-order chi connectivity index (χ1) is 11.7. The highest BCUT2D eigenvalue weighted by atomic mass is 31.2. The smallest absolute Gasteiger partial charge is 0.246 e. The van der Waals surface area contributed by atoms with Crippen LogP contribution in [0.3, 0.4) is 0 Å². The maximum Gasteiger partial charge on any atom is 0.246 e. The molecule has 1 saturated heterocycles. The fourth-order valence-corrected chi connectivity index (χ4v) is 3.86. The molecule has 3 rings (SSSR count). The molecule has 0 radical (unpaired) electrons. The van der Waals surface area contributed by atoms with Gasteiger partial charge in [-0.05, 0) is 25.9 Å². The van der Waals surface area contributed by atoms with Crippen molar-refractivity contribution >= 4 is 30.3 Å². The Bertz CT molecular complexity index is 820. The normalized spacial score (nSPS) is 27.1. The van der Waals surface area contributed by atoms with Crippen LogP contribution in [0.5, 0.6) is 5.88 Å². The fraction of sp³-hybridized carbons (Fsp3) is 0.600. The predicted molar refractivity (Wildman–Crippen MR) is 97.6 cm³/mol. The van der Waals surface area contributed by atoms with Gasteiger partial charge in [-0.15, -0.1) is 13.2 Å². The number of nitrogens with zero attached hydrogens (tertiary/aromatic N) is 4. The van der Waals surface area contributed by atoms with Gasteiger partial charge < -0.3 is 25.4 Å². The zero-order valence-electron chi connectivity index (χ0n) is 14.5. The van der Waals surface area contributed by atoms with Crippen LogP contribution in [-0.2, 0) is 4.74 Å². The van der Waals surface area contributed by atoms with E-state index in [0.29, 0.717) is 17.6 Å². The molecule has 2 aromatic heterocycles. The first-order valence-corrected chi connectivity index (χ1v) is 11.0. The van der Waals surface area contributed by atoms with Crippen molar-refractivity contribution in [3.8, 4) is 5.88 Å². The highest BCUT2D eigenvalue weighted by Crippen LogP contribution is 2.40. The summed E-state index contributed by atoms with van der Waals surface area (Å²) in [7, 11) is 1.46. The zero-order valence-corrected chi connectivity index (χ0v) is 15.4. The van der Waals surface area contributed by atoms with Crippen molar-refractivity contribution in [2.45, 2.75) is 31.0 Å². The minimum Gasteiger partial charge on any atom is -0.479 e. The number of fused-ring (bicyclic) bond motifs is 1. The first-order valence-electron chi connectivity index (χ1n) is 7.94. The summed E-state index contributed by atoms with van der Waals surface area (Å²) >= 11 is 0. The summed E-state index contributed by atoms with van der Waals surface area (Å²) < 4.78 is 12.6. The van der Waals surface area contributed by atoms with Crippen LogP contribution in [0.2, 0.25) is 0 Å². The van der Waals surface area contributed by atoms with E-state index in [4.69, 9.17) is 15.2 Å². The van der Waals surface area contributed by atoms with E-state index in [1.54, 1.807) is 4.57 Å². The SMILES string of the molecule is C=P(C)(C)CC[C@H]1O[C@@H](n2cnc3c(OC)nc(N)nc32)[C@H](O)[C@@H]1O. The summed E-state index contributed by atoms with van der Waals surface area (Å²) in [6.07, 6.45) is 3.76. The van der Waals surface area contributed by atoms with Crippen LogP contribution in [0.25, 0.3) is 11.2 Å². The number of anilines is 1. The van der Waals surface area contributed by atoms with E-state index >= 15 is 0 Å². The van der Waals surface area contributed by atoms with E-state index in [2.05, 4.69) is 34.6 Å². The monoisotopic (exact) mass is 369 g/mol. The van der Waals surface area contributed by atoms with Crippen molar-refractivity contribution in [3.63, 3.8) is 0 Å². The molecule has 0 unspecified atom stereocenters. The molecule has 1 aliphatic heterocycles. The van der Waals surface area contributed by atoms with Crippen molar-refractivity contribution in [1.29, 1.82) is 0 Å². The first kappa shape index (κ1) is 18.1. The number of hydrogen-bond donors (Lipinski definition) is 3. The Morgan fingerprint density at radius 3 is 2.72 bits per heavy atom. The number of aliphatic hydroxyl groups excluding tert-OH is 2. The van der Waals surface area contributed by atoms with E-state index < -0.39 is 31.4 Å². The topological polar surface area (TPSA) is 129 Å². The minimum atomic E-state index is -1.25. The maximum absolute atomic E-state index is 10.4. The van der Waals surface area contributed by atoms with Crippen LogP contribution in [-0.4, -0.2) is 80.9 Å². The Kier molecular flexibility index (Phi) is 4.76. The summed E-state index contributed by atoms with van der Waals surface area (Å²) in [6, 6.07) is 0. The van der Waals surface area contributed by atoms with Crippen molar-refractivity contribution in [1.82, 2.24) is 19.5 Å². The average molecular weight is 369 g/mol. The fourth-order valence-electron chi connectivity index (χ4n) is 2.91. The van der Waals surface area contributed by atoms with Gasteiger partial charge in [-0.25, -0.2) is 4.98 Å². The molecule has 9 nitrogen and oxygen atoms in total. The molecule has 25 heavy (non-hydrogen) atoms. The van der Waals surface area contributed by atoms with Gasteiger partial charge >= 0.3 is 0 Å². The number of nitrogen functional groups attached to an aromatic ring is 1. The van der Waals surface area contributed by atoms with E-state index in [1.807, 2.05) is 0 Å². The molecule has 3 heterocycles. The summed E-state index contributed by atoms with van der Waals surface area (Å²) in [6.45, 7) is 3.00. The van der Waals surface area contributed by atoms with Gasteiger partial charge in [0, 0.05) is 0 Å². The Morgan fingerprint density at radius 1 is 1.36 bits per heavy atom. The number of ether oxygens (including phenoxy) is 2. The molecular weight excluding hydrogens is 345 g/mol. The summed E-state index contributed by atoms with van der Waals surface area (Å²) in [5.41, 5.74) is 6.51. The van der Waals surface area contributed by atoms with E-state index in [1.165, 1.54) is 13.4 Å². The quantitative estimate of drug-likeness (QED) is 0.635. The Balaban J connectivity index is 1.90. The second-order valence-corrected chi connectivity index (χ2v) is 11.2. The number of aliphatic hydroxyl groups is 2. The van der Waals surface area contributed by atoms with E-state index in [-0.39, 0.29) is 11.8 Å². The van der Waals surface area contributed by atoms with Crippen molar-refractivity contribution in [2.24, 2.45) is 0 Å². The van der Waals surface area contributed by atoms with Crippen LogP contribution < -0.4 is 10.5 Å². The third kappa shape index (κ3) is 3.50. The number of hydrogen-bond acceptors (Lipinski definition) is 8. The number of rotatable bonds is 5. The number of nitrogens with two attached hydrogens (primary N) is 1. The maximum atomic E-state index is 10.4. The molecule has 0 amide bonds. The van der Waals surface area contributed by atoms with Gasteiger partial charge in [-0.1, -0.05) is 0 Å². The van der Waals surface area contributed by atoms with Gasteiger partial charge in [0.15, 0.2) is 17.4 Å². The standard InChI is InChI=1S/C15H24N5O4P/c1-23-13-9-12(18-15(16)19-13)20(7-17-9)14-11(22)10(21)8(24-14)5-6-25(2,3)4/h7-8,10-11,14,21-22H,2,5-6H2,1,3-4H3,(H2,16,18,19)/t8-,10-,11-,14-/m1/s1. The largest absolute Gasteiger partial charge is 0.479 e. The molecule has 0 saturated carbocycles. The van der Waals surface area contributed by atoms with Crippen LogP contribution in [0, 0.1) is 0 Å². The van der Waals surface area contributed by atoms with Crippen LogP contribution in [0.15, 0.2) is 6.33 Å². The van der Waals surface area contributed by atoms with Gasteiger partial charge in [-0.2, -0.15) is 9.97 Å². The Morgan fingerprint density at radius 2 is 2.08 bits per heavy atom. The lowest BCUT2D eigenvalue weighted by Crippen LogP contribution is -2.31. The molecule has 1 fully saturated rings. The third-order valence-corrected chi connectivity index (χ3v) is 5.70. The molecule has 2 aromatic rings. The third-order valence-electron chi connectivity index (χ3n) is 4.23. The lowest BCUT2D eigenvalue weighted by molar-refractivity contribution is -0.0353. The molecule has 138 valence electrons. The second-order valence-electron chi connectivity index (χ2n) is 6.91. The van der Waals surface area contributed by atoms with Gasteiger partial charge in [0.05, 0.1) is 19.5 Å². The van der Waals surface area contributed by atoms with Gasteiger partial charge in [0.1, 0.15) is 12.2 Å². The molecule has 1 aliphatic rings. The highest BCUT2D eigenvalue weighted by Gasteiger charge is 2.44. The van der Waals surface area contributed by atoms with Crippen molar-refractivity contribution in [2.75, 3.05) is 32.3 Å². The second kappa shape index (κ2) is 6.57.